The van der Waals surface area contributed by atoms with Gasteiger partial charge in [-0.05, 0) is 43.1 Å². The number of hydrogen-bond donors (Lipinski definition) is 2. The van der Waals surface area contributed by atoms with Crippen LogP contribution in [0.25, 0.3) is 0 Å². The first-order valence-corrected chi connectivity index (χ1v) is 8.73. The number of aromatic nitrogens is 2. The van der Waals surface area contributed by atoms with E-state index in [1.807, 2.05) is 24.3 Å². The summed E-state index contributed by atoms with van der Waals surface area (Å²) in [6.45, 7) is 4.06. The lowest BCUT2D eigenvalue weighted by Crippen LogP contribution is -2.47. The lowest BCUT2D eigenvalue weighted by molar-refractivity contribution is 0.0895. The van der Waals surface area contributed by atoms with Crippen molar-refractivity contribution in [1.29, 1.82) is 0 Å². The van der Waals surface area contributed by atoms with E-state index < -0.39 is 0 Å². The number of rotatable bonds is 5. The largest absolute Gasteiger partial charge is 0.347 e. The molecule has 0 unspecified atom stereocenters. The van der Waals surface area contributed by atoms with Gasteiger partial charge in [0.15, 0.2) is 5.78 Å². The molecule has 0 spiro atoms. The highest BCUT2D eigenvalue weighted by Crippen LogP contribution is 2.16. The molecule has 1 aromatic heterocycles. The summed E-state index contributed by atoms with van der Waals surface area (Å²) in [6, 6.07) is 9.41. The van der Waals surface area contributed by atoms with Crippen LogP contribution in [-0.2, 0) is 6.54 Å². The van der Waals surface area contributed by atoms with E-state index in [0.717, 1.165) is 37.5 Å². The number of piperidine rings is 1. The van der Waals surface area contributed by atoms with Crippen LogP contribution in [0, 0.1) is 0 Å². The molecule has 1 aliphatic rings. The van der Waals surface area contributed by atoms with Crippen LogP contribution in [0.5, 0.6) is 0 Å². The highest BCUT2D eigenvalue weighted by Gasteiger charge is 2.23. The van der Waals surface area contributed by atoms with Crippen molar-refractivity contribution in [2.75, 3.05) is 13.1 Å². The predicted molar refractivity (Wildman–Crippen MR) is 95.8 cm³/mol. The van der Waals surface area contributed by atoms with E-state index in [1.54, 1.807) is 0 Å². The fraction of sp³-hybridized carbons (Fsp3) is 0.389. The summed E-state index contributed by atoms with van der Waals surface area (Å²) < 4.78 is 0. The lowest BCUT2D eigenvalue weighted by Gasteiger charge is -2.33. The van der Waals surface area contributed by atoms with Crippen molar-refractivity contribution in [1.82, 2.24) is 20.4 Å². The second-order valence-corrected chi connectivity index (χ2v) is 6.83. The molecule has 0 aliphatic carbocycles. The molecule has 1 fully saturated rings. The fourth-order valence-corrected chi connectivity index (χ4v) is 3.17. The summed E-state index contributed by atoms with van der Waals surface area (Å²) in [5.41, 5.74) is 1.80. The van der Waals surface area contributed by atoms with Gasteiger partial charge in [-0.2, -0.15) is 5.10 Å². The van der Waals surface area contributed by atoms with E-state index >= 15 is 0 Å². The van der Waals surface area contributed by atoms with E-state index in [-0.39, 0.29) is 23.4 Å². The summed E-state index contributed by atoms with van der Waals surface area (Å²) in [5.74, 6) is -0.388. The first-order chi connectivity index (χ1) is 12.0. The Bertz CT molecular complexity index is 757. The number of ketones is 1. The third-order valence-electron chi connectivity index (χ3n) is 4.34. The molecule has 132 valence electrons. The van der Waals surface area contributed by atoms with Crippen molar-refractivity contribution in [3.63, 3.8) is 0 Å². The number of aromatic amines is 1. The molecule has 3 rings (SSSR count). The van der Waals surface area contributed by atoms with Crippen molar-refractivity contribution >= 4 is 23.3 Å². The van der Waals surface area contributed by atoms with Crippen LogP contribution >= 0.6 is 11.6 Å². The second kappa shape index (κ2) is 7.80. The van der Waals surface area contributed by atoms with Crippen LogP contribution in [0.3, 0.4) is 0 Å². The maximum Gasteiger partial charge on any atom is 0.269 e. The standard InChI is InChI=1S/C18H21ClN4O2/c1-12(24)16-9-17(22-21-16)18(25)20-15-3-2-8-23(11-15)10-13-4-6-14(19)7-5-13/h4-7,9,15H,2-3,8,10-11H2,1H3,(H,20,25)(H,21,22)/t15-/m1/s1. The molecule has 0 bridgehead atoms. The number of benzene rings is 1. The average Bonchev–Trinajstić information content (AvgIpc) is 3.08. The van der Waals surface area contributed by atoms with Crippen LogP contribution in [-0.4, -0.2) is 45.9 Å². The predicted octanol–water partition coefficient (Wildman–Crippen LogP) is 2.66. The summed E-state index contributed by atoms with van der Waals surface area (Å²) in [4.78, 5) is 25.9. The Kier molecular flexibility index (Phi) is 5.50. The van der Waals surface area contributed by atoms with Gasteiger partial charge in [0.2, 0.25) is 0 Å². The minimum Gasteiger partial charge on any atom is -0.347 e. The Morgan fingerprint density at radius 2 is 2.12 bits per heavy atom. The first kappa shape index (κ1) is 17.6. The number of amides is 1. The van der Waals surface area contributed by atoms with Gasteiger partial charge < -0.3 is 5.32 Å². The Labute approximate surface area is 151 Å². The Morgan fingerprint density at radius 1 is 1.36 bits per heavy atom. The number of carbonyl (C=O) groups excluding carboxylic acids is 2. The molecule has 2 aromatic rings. The minimum atomic E-state index is -0.224. The molecule has 1 saturated heterocycles. The van der Waals surface area contributed by atoms with Gasteiger partial charge in [0.05, 0.1) is 0 Å². The highest BCUT2D eigenvalue weighted by molar-refractivity contribution is 6.30. The van der Waals surface area contributed by atoms with Crippen molar-refractivity contribution in [2.24, 2.45) is 0 Å². The zero-order valence-electron chi connectivity index (χ0n) is 14.1. The van der Waals surface area contributed by atoms with E-state index in [4.69, 9.17) is 11.6 Å². The number of nitrogens with zero attached hydrogens (tertiary/aromatic N) is 2. The van der Waals surface area contributed by atoms with Gasteiger partial charge in [-0.15, -0.1) is 0 Å². The number of likely N-dealkylation sites (tertiary alicyclic amines) is 1. The van der Waals surface area contributed by atoms with Crippen LogP contribution in [0.4, 0.5) is 0 Å². The van der Waals surface area contributed by atoms with Crippen molar-refractivity contribution in [3.8, 4) is 0 Å². The summed E-state index contributed by atoms with van der Waals surface area (Å²) >= 11 is 5.92. The molecule has 7 heteroatoms. The van der Waals surface area contributed by atoms with Crippen LogP contribution in [0.15, 0.2) is 30.3 Å². The van der Waals surface area contributed by atoms with Crippen LogP contribution in [0.1, 0.15) is 46.3 Å². The number of carbonyl (C=O) groups is 2. The number of nitrogens with one attached hydrogen (secondary N) is 2. The number of H-pyrrole nitrogens is 1. The zero-order valence-corrected chi connectivity index (χ0v) is 14.8. The zero-order chi connectivity index (χ0) is 17.8. The molecule has 1 atom stereocenters. The van der Waals surface area contributed by atoms with Gasteiger partial charge in [-0.1, -0.05) is 23.7 Å². The number of Topliss-reactive ketones (excluding diaryl/α,β-unsaturated/α-hetero) is 1. The summed E-state index contributed by atoms with van der Waals surface area (Å²) in [6.07, 6.45) is 1.97. The molecular formula is C18H21ClN4O2. The van der Waals surface area contributed by atoms with Crippen LogP contribution < -0.4 is 5.32 Å². The molecule has 2 heterocycles. The maximum absolute atomic E-state index is 12.3. The normalized spacial score (nSPS) is 18.1. The number of hydrogen-bond acceptors (Lipinski definition) is 4. The Morgan fingerprint density at radius 3 is 2.80 bits per heavy atom. The third kappa shape index (κ3) is 4.67. The van der Waals surface area contributed by atoms with Gasteiger partial charge >= 0.3 is 0 Å². The molecule has 1 aromatic carbocycles. The van der Waals surface area contributed by atoms with Gasteiger partial charge in [0.1, 0.15) is 11.4 Å². The van der Waals surface area contributed by atoms with E-state index in [0.29, 0.717) is 5.69 Å². The van der Waals surface area contributed by atoms with Gasteiger partial charge in [0.25, 0.3) is 5.91 Å². The molecule has 6 nitrogen and oxygen atoms in total. The van der Waals surface area contributed by atoms with Gasteiger partial charge in [-0.3, -0.25) is 19.6 Å². The molecule has 0 saturated carbocycles. The van der Waals surface area contributed by atoms with Gasteiger partial charge in [-0.25, -0.2) is 0 Å². The minimum absolute atomic E-state index is 0.0811. The van der Waals surface area contributed by atoms with E-state index in [9.17, 15) is 9.59 Å². The molecule has 2 N–H and O–H groups in total. The topological polar surface area (TPSA) is 78.1 Å². The molecule has 1 aliphatic heterocycles. The van der Waals surface area contributed by atoms with Crippen LogP contribution in [0.2, 0.25) is 5.02 Å². The SMILES string of the molecule is CC(=O)c1cc(C(=O)N[C@@H]2CCCN(Cc3ccc(Cl)cc3)C2)[nH]n1. The number of halogens is 1. The third-order valence-corrected chi connectivity index (χ3v) is 4.60. The molecule has 1 amide bonds. The van der Waals surface area contributed by atoms with Gasteiger partial charge in [0, 0.05) is 31.1 Å². The molecule has 25 heavy (non-hydrogen) atoms. The van der Waals surface area contributed by atoms with E-state index in [2.05, 4.69) is 20.4 Å². The lowest BCUT2D eigenvalue weighted by atomic mass is 10.0. The van der Waals surface area contributed by atoms with Crippen molar-refractivity contribution < 1.29 is 9.59 Å². The maximum atomic E-state index is 12.3. The second-order valence-electron chi connectivity index (χ2n) is 6.40. The van der Waals surface area contributed by atoms with Crippen molar-refractivity contribution in [3.05, 3.63) is 52.3 Å². The first-order valence-electron chi connectivity index (χ1n) is 8.35. The monoisotopic (exact) mass is 360 g/mol. The smallest absolute Gasteiger partial charge is 0.269 e. The Balaban J connectivity index is 1.56. The summed E-state index contributed by atoms with van der Waals surface area (Å²) in [5, 5.41) is 10.2. The highest BCUT2D eigenvalue weighted by atomic mass is 35.5. The molecule has 0 radical (unpaired) electrons. The fourth-order valence-electron chi connectivity index (χ4n) is 3.05. The molecular weight excluding hydrogens is 340 g/mol. The average molecular weight is 361 g/mol. The van der Waals surface area contributed by atoms with E-state index in [1.165, 1.54) is 18.6 Å². The van der Waals surface area contributed by atoms with Crippen molar-refractivity contribution in [2.45, 2.75) is 32.4 Å². The summed E-state index contributed by atoms with van der Waals surface area (Å²) in [7, 11) is 0. The Hall–Kier alpha value is -2.18. The quantitative estimate of drug-likeness (QED) is 0.803.